The third-order valence-electron chi connectivity index (χ3n) is 2.59. The van der Waals surface area contributed by atoms with E-state index in [0.717, 1.165) is 34.4 Å². The molecule has 2 aromatic rings. The van der Waals surface area contributed by atoms with Gasteiger partial charge < -0.3 is 5.32 Å². The van der Waals surface area contributed by atoms with Crippen LogP contribution < -0.4 is 5.32 Å². The third-order valence-corrected chi connectivity index (χ3v) is 4.24. The normalized spacial score (nSPS) is 10.6. The Morgan fingerprint density at radius 2 is 1.95 bits per heavy atom. The molecule has 2 rings (SSSR count). The van der Waals surface area contributed by atoms with E-state index < -0.39 is 0 Å². The number of aromatic nitrogens is 2. The van der Waals surface area contributed by atoms with E-state index >= 15 is 0 Å². The average Bonchev–Trinajstić information content (AvgIpc) is 2.43. The molecule has 0 bridgehead atoms. The van der Waals surface area contributed by atoms with Gasteiger partial charge in [0.2, 0.25) is 0 Å². The highest BCUT2D eigenvalue weighted by atomic mass is 35.5. The number of benzene rings is 1. The first-order valence-corrected chi connectivity index (χ1v) is 7.88. The van der Waals surface area contributed by atoms with E-state index in [-0.39, 0.29) is 0 Å². The number of anilines is 1. The first-order chi connectivity index (χ1) is 9.62. The molecule has 1 aromatic carbocycles. The van der Waals surface area contributed by atoms with Crippen LogP contribution in [0.5, 0.6) is 0 Å². The molecule has 106 valence electrons. The predicted molar refractivity (Wildman–Crippen MR) is 86.2 cm³/mol. The summed E-state index contributed by atoms with van der Waals surface area (Å²) < 4.78 is 0. The fourth-order valence-corrected chi connectivity index (χ4v) is 2.89. The molecule has 1 heterocycles. The zero-order valence-electron chi connectivity index (χ0n) is 11.3. The number of aryl methyl sites for hydroxylation is 1. The Morgan fingerprint density at radius 1 is 1.15 bits per heavy atom. The Hall–Kier alpha value is -0.970. The molecule has 0 atom stereocenters. The molecule has 1 aromatic heterocycles. The summed E-state index contributed by atoms with van der Waals surface area (Å²) in [6.45, 7) is 2.11. The van der Waals surface area contributed by atoms with Gasteiger partial charge in [0.1, 0.15) is 16.7 Å². The van der Waals surface area contributed by atoms with Gasteiger partial charge in [-0.05, 0) is 24.6 Å². The molecule has 0 amide bonds. The van der Waals surface area contributed by atoms with Crippen LogP contribution in [-0.4, -0.2) is 17.0 Å². The zero-order valence-corrected chi connectivity index (χ0v) is 13.6. The maximum absolute atomic E-state index is 6.03. The van der Waals surface area contributed by atoms with Crippen molar-refractivity contribution in [3.63, 3.8) is 0 Å². The van der Waals surface area contributed by atoms with E-state index in [2.05, 4.69) is 22.2 Å². The van der Waals surface area contributed by atoms with E-state index in [1.54, 1.807) is 17.8 Å². The summed E-state index contributed by atoms with van der Waals surface area (Å²) in [4.78, 5) is 9.99. The van der Waals surface area contributed by atoms with Crippen LogP contribution in [-0.2, 0) is 6.42 Å². The monoisotopic (exact) mass is 327 g/mol. The topological polar surface area (TPSA) is 37.8 Å². The van der Waals surface area contributed by atoms with Crippen LogP contribution in [0.25, 0.3) is 0 Å². The Morgan fingerprint density at radius 3 is 2.60 bits per heavy atom. The molecule has 3 nitrogen and oxygen atoms in total. The van der Waals surface area contributed by atoms with Gasteiger partial charge in [0.25, 0.3) is 0 Å². The van der Waals surface area contributed by atoms with Crippen LogP contribution in [0.4, 0.5) is 5.82 Å². The Bertz CT molecular complexity index is 605. The largest absolute Gasteiger partial charge is 0.373 e. The van der Waals surface area contributed by atoms with Crippen molar-refractivity contribution in [1.29, 1.82) is 0 Å². The molecule has 0 spiro atoms. The van der Waals surface area contributed by atoms with Crippen molar-refractivity contribution in [3.8, 4) is 0 Å². The van der Waals surface area contributed by atoms with E-state index in [0.29, 0.717) is 10.0 Å². The first kappa shape index (κ1) is 15.4. The molecule has 0 fully saturated rings. The van der Waals surface area contributed by atoms with Crippen LogP contribution >= 0.6 is 35.0 Å². The van der Waals surface area contributed by atoms with Gasteiger partial charge >= 0.3 is 0 Å². The standard InChI is InChI=1S/C14H15Cl2N3S/c1-3-4-12-18-13(17-2)8-14(19-12)20-9-5-6-10(15)11(16)7-9/h5-8H,3-4H2,1-2H3,(H,17,18,19). The summed E-state index contributed by atoms with van der Waals surface area (Å²) in [5.74, 6) is 1.67. The Kier molecular flexibility index (Phi) is 5.52. The van der Waals surface area contributed by atoms with Gasteiger partial charge in [-0.1, -0.05) is 41.9 Å². The lowest BCUT2D eigenvalue weighted by atomic mass is 10.3. The number of halogens is 2. The smallest absolute Gasteiger partial charge is 0.132 e. The Labute approximate surface area is 133 Å². The lowest BCUT2D eigenvalue weighted by Crippen LogP contribution is -2.01. The van der Waals surface area contributed by atoms with Gasteiger partial charge in [-0.15, -0.1) is 0 Å². The van der Waals surface area contributed by atoms with Crippen LogP contribution in [0, 0.1) is 0 Å². The van der Waals surface area contributed by atoms with Crippen molar-refractivity contribution in [2.45, 2.75) is 29.7 Å². The van der Waals surface area contributed by atoms with Crippen molar-refractivity contribution >= 4 is 40.8 Å². The fourth-order valence-electron chi connectivity index (χ4n) is 1.65. The lowest BCUT2D eigenvalue weighted by Gasteiger charge is -2.07. The summed E-state index contributed by atoms with van der Waals surface area (Å²) in [6, 6.07) is 7.49. The molecule has 6 heteroatoms. The summed E-state index contributed by atoms with van der Waals surface area (Å²) in [5, 5.41) is 5.06. The average molecular weight is 328 g/mol. The number of rotatable bonds is 5. The Balaban J connectivity index is 2.27. The van der Waals surface area contributed by atoms with Gasteiger partial charge in [-0.3, -0.25) is 0 Å². The minimum atomic E-state index is 0.549. The number of hydrogen-bond donors (Lipinski definition) is 1. The second-order valence-corrected chi connectivity index (χ2v) is 6.09. The molecule has 20 heavy (non-hydrogen) atoms. The maximum atomic E-state index is 6.03. The molecule has 0 aliphatic carbocycles. The highest BCUT2D eigenvalue weighted by Crippen LogP contribution is 2.32. The van der Waals surface area contributed by atoms with E-state index in [9.17, 15) is 0 Å². The highest BCUT2D eigenvalue weighted by Gasteiger charge is 2.07. The second kappa shape index (κ2) is 7.16. The summed E-state index contributed by atoms with van der Waals surface area (Å²) in [6.07, 6.45) is 1.88. The zero-order chi connectivity index (χ0) is 14.5. The molecule has 0 radical (unpaired) electrons. The van der Waals surface area contributed by atoms with Crippen molar-refractivity contribution < 1.29 is 0 Å². The molecule has 0 aliphatic heterocycles. The van der Waals surface area contributed by atoms with Crippen molar-refractivity contribution in [2.75, 3.05) is 12.4 Å². The van der Waals surface area contributed by atoms with Crippen molar-refractivity contribution in [3.05, 3.63) is 40.1 Å². The molecular formula is C14H15Cl2N3S. The molecule has 0 saturated carbocycles. The predicted octanol–water partition coefficient (Wildman–Crippen LogP) is 4.93. The first-order valence-electron chi connectivity index (χ1n) is 6.31. The van der Waals surface area contributed by atoms with E-state index in [4.69, 9.17) is 23.2 Å². The summed E-state index contributed by atoms with van der Waals surface area (Å²) >= 11 is 13.5. The molecule has 0 aliphatic rings. The van der Waals surface area contributed by atoms with Crippen molar-refractivity contribution in [1.82, 2.24) is 9.97 Å². The van der Waals surface area contributed by atoms with Crippen LogP contribution in [0.1, 0.15) is 19.2 Å². The van der Waals surface area contributed by atoms with Crippen molar-refractivity contribution in [2.24, 2.45) is 0 Å². The molecule has 0 saturated heterocycles. The molecule has 0 unspecified atom stereocenters. The number of nitrogens with zero attached hydrogens (tertiary/aromatic N) is 2. The molecule has 1 N–H and O–H groups in total. The summed E-state index contributed by atoms with van der Waals surface area (Å²) in [5.41, 5.74) is 0. The lowest BCUT2D eigenvalue weighted by molar-refractivity contribution is 0.811. The number of nitrogens with one attached hydrogen (secondary N) is 1. The minimum absolute atomic E-state index is 0.549. The van der Waals surface area contributed by atoms with E-state index in [1.165, 1.54) is 0 Å². The molecular weight excluding hydrogens is 313 g/mol. The van der Waals surface area contributed by atoms with Gasteiger partial charge in [-0.25, -0.2) is 9.97 Å². The SMILES string of the molecule is CCCc1nc(NC)cc(Sc2ccc(Cl)c(Cl)c2)n1. The second-order valence-electron chi connectivity index (χ2n) is 4.19. The van der Waals surface area contributed by atoms with Crippen LogP contribution in [0.15, 0.2) is 34.2 Å². The quantitative estimate of drug-likeness (QED) is 0.790. The minimum Gasteiger partial charge on any atom is -0.373 e. The van der Waals surface area contributed by atoms with Crippen LogP contribution in [0.2, 0.25) is 10.0 Å². The van der Waals surface area contributed by atoms with Gasteiger partial charge in [0.05, 0.1) is 10.0 Å². The summed E-state index contributed by atoms with van der Waals surface area (Å²) in [7, 11) is 1.85. The third kappa shape index (κ3) is 4.01. The van der Waals surface area contributed by atoms with Gasteiger partial charge in [0.15, 0.2) is 0 Å². The van der Waals surface area contributed by atoms with E-state index in [1.807, 2.05) is 25.2 Å². The maximum Gasteiger partial charge on any atom is 0.132 e. The fraction of sp³-hybridized carbons (Fsp3) is 0.286. The van der Waals surface area contributed by atoms with Gasteiger partial charge in [-0.2, -0.15) is 0 Å². The highest BCUT2D eigenvalue weighted by molar-refractivity contribution is 7.99. The number of hydrogen-bond acceptors (Lipinski definition) is 4. The van der Waals surface area contributed by atoms with Crippen LogP contribution in [0.3, 0.4) is 0 Å². The van der Waals surface area contributed by atoms with Gasteiger partial charge in [0, 0.05) is 24.4 Å².